The summed E-state index contributed by atoms with van der Waals surface area (Å²) in [7, 11) is 0. The predicted molar refractivity (Wildman–Crippen MR) is 57.1 cm³/mol. The molecular formula is C12H22O2. The summed E-state index contributed by atoms with van der Waals surface area (Å²) in [6, 6.07) is 0. The van der Waals surface area contributed by atoms with Gasteiger partial charge in [0.15, 0.2) is 0 Å². The Bertz CT molecular complexity index is 203. The standard InChI is InChI=1S/C12H22O2/c1-11(2,3)8-9-12(14)6-4-10(13)5-7-12/h14H,4-9H2,1-3H3. The molecule has 14 heavy (non-hydrogen) atoms. The van der Waals surface area contributed by atoms with Gasteiger partial charge in [-0.1, -0.05) is 20.8 Å². The molecule has 0 radical (unpaired) electrons. The zero-order valence-electron chi connectivity index (χ0n) is 9.60. The van der Waals surface area contributed by atoms with Gasteiger partial charge in [-0.25, -0.2) is 0 Å². The SMILES string of the molecule is CC(C)(C)CCC1(O)CCC(=O)CC1. The molecule has 0 bridgehead atoms. The first kappa shape index (κ1) is 11.7. The lowest BCUT2D eigenvalue weighted by atomic mass is 9.77. The molecule has 0 aromatic heterocycles. The predicted octanol–water partition coefficient (Wildman–Crippen LogP) is 2.69. The van der Waals surface area contributed by atoms with E-state index in [0.29, 0.717) is 31.5 Å². The maximum absolute atomic E-state index is 11.0. The highest BCUT2D eigenvalue weighted by Crippen LogP contribution is 2.34. The number of aliphatic hydroxyl groups is 1. The van der Waals surface area contributed by atoms with Gasteiger partial charge in [0.25, 0.3) is 0 Å². The van der Waals surface area contributed by atoms with Gasteiger partial charge >= 0.3 is 0 Å². The third-order valence-corrected chi connectivity index (χ3v) is 3.08. The highest BCUT2D eigenvalue weighted by Gasteiger charge is 2.32. The molecule has 0 aliphatic heterocycles. The second-order valence-electron chi connectivity index (χ2n) is 5.82. The third-order valence-electron chi connectivity index (χ3n) is 3.08. The first-order chi connectivity index (χ1) is 6.31. The van der Waals surface area contributed by atoms with E-state index in [-0.39, 0.29) is 5.41 Å². The van der Waals surface area contributed by atoms with Crippen LogP contribution in [0.15, 0.2) is 0 Å². The van der Waals surface area contributed by atoms with Crippen molar-refractivity contribution in [2.24, 2.45) is 5.41 Å². The van der Waals surface area contributed by atoms with E-state index in [4.69, 9.17) is 0 Å². The van der Waals surface area contributed by atoms with Crippen molar-refractivity contribution < 1.29 is 9.90 Å². The largest absolute Gasteiger partial charge is 0.390 e. The van der Waals surface area contributed by atoms with Crippen LogP contribution in [0.2, 0.25) is 0 Å². The molecule has 1 aliphatic rings. The normalized spacial score (nSPS) is 22.4. The Labute approximate surface area is 86.7 Å². The van der Waals surface area contributed by atoms with E-state index < -0.39 is 5.60 Å². The topological polar surface area (TPSA) is 37.3 Å². The Morgan fingerprint density at radius 2 is 1.79 bits per heavy atom. The van der Waals surface area contributed by atoms with Crippen LogP contribution >= 0.6 is 0 Å². The summed E-state index contributed by atoms with van der Waals surface area (Å²) in [5.41, 5.74) is -0.279. The van der Waals surface area contributed by atoms with Crippen molar-refractivity contribution in [1.29, 1.82) is 0 Å². The van der Waals surface area contributed by atoms with Crippen LogP contribution < -0.4 is 0 Å². The van der Waals surface area contributed by atoms with Gasteiger partial charge in [0.2, 0.25) is 0 Å². The second-order valence-corrected chi connectivity index (χ2v) is 5.82. The van der Waals surface area contributed by atoms with Crippen molar-refractivity contribution in [3.05, 3.63) is 0 Å². The smallest absolute Gasteiger partial charge is 0.133 e. The Morgan fingerprint density at radius 3 is 2.21 bits per heavy atom. The van der Waals surface area contributed by atoms with Crippen molar-refractivity contribution in [2.75, 3.05) is 0 Å². The lowest BCUT2D eigenvalue weighted by molar-refractivity contribution is -0.125. The van der Waals surface area contributed by atoms with Crippen molar-refractivity contribution in [3.8, 4) is 0 Å². The maximum atomic E-state index is 11.0. The fourth-order valence-corrected chi connectivity index (χ4v) is 1.85. The van der Waals surface area contributed by atoms with Gasteiger partial charge in [-0.2, -0.15) is 0 Å². The van der Waals surface area contributed by atoms with Crippen LogP contribution in [0.3, 0.4) is 0 Å². The molecule has 0 saturated heterocycles. The van der Waals surface area contributed by atoms with Gasteiger partial charge in [0, 0.05) is 12.8 Å². The van der Waals surface area contributed by atoms with Crippen LogP contribution in [0.4, 0.5) is 0 Å². The molecule has 82 valence electrons. The van der Waals surface area contributed by atoms with Crippen molar-refractivity contribution in [2.45, 2.75) is 64.9 Å². The molecule has 1 N–H and O–H groups in total. The quantitative estimate of drug-likeness (QED) is 0.740. The molecule has 1 aliphatic carbocycles. The first-order valence-corrected chi connectivity index (χ1v) is 5.55. The number of hydrogen-bond donors (Lipinski definition) is 1. The van der Waals surface area contributed by atoms with Crippen LogP contribution in [-0.2, 0) is 4.79 Å². The van der Waals surface area contributed by atoms with Crippen molar-refractivity contribution in [1.82, 2.24) is 0 Å². The molecule has 0 unspecified atom stereocenters. The molecule has 1 rings (SSSR count). The lowest BCUT2D eigenvalue weighted by Crippen LogP contribution is -2.35. The molecule has 0 aromatic carbocycles. The highest BCUT2D eigenvalue weighted by atomic mass is 16.3. The van der Waals surface area contributed by atoms with Gasteiger partial charge in [-0.3, -0.25) is 4.79 Å². The van der Waals surface area contributed by atoms with E-state index in [9.17, 15) is 9.90 Å². The average Bonchev–Trinajstić information content (AvgIpc) is 2.07. The van der Waals surface area contributed by atoms with Gasteiger partial charge in [-0.15, -0.1) is 0 Å². The molecule has 2 heteroatoms. The van der Waals surface area contributed by atoms with Crippen LogP contribution in [0.5, 0.6) is 0 Å². The van der Waals surface area contributed by atoms with Crippen LogP contribution in [0.1, 0.15) is 59.3 Å². The van der Waals surface area contributed by atoms with Gasteiger partial charge < -0.3 is 5.11 Å². The van der Waals surface area contributed by atoms with E-state index in [0.717, 1.165) is 12.8 Å². The summed E-state index contributed by atoms with van der Waals surface area (Å²) in [4.78, 5) is 11.0. The van der Waals surface area contributed by atoms with Crippen LogP contribution in [0.25, 0.3) is 0 Å². The zero-order chi connectivity index (χ0) is 10.8. The number of carbonyl (C=O) groups excluding carboxylic acids is 1. The number of rotatable bonds is 2. The molecule has 1 fully saturated rings. The van der Waals surface area contributed by atoms with E-state index >= 15 is 0 Å². The molecule has 0 amide bonds. The average molecular weight is 198 g/mol. The summed E-state index contributed by atoms with van der Waals surface area (Å²) in [6.45, 7) is 6.55. The van der Waals surface area contributed by atoms with E-state index in [2.05, 4.69) is 20.8 Å². The molecule has 1 saturated carbocycles. The maximum Gasteiger partial charge on any atom is 0.133 e. The van der Waals surface area contributed by atoms with E-state index in [1.807, 2.05) is 0 Å². The second kappa shape index (κ2) is 4.01. The minimum Gasteiger partial charge on any atom is -0.390 e. The van der Waals surface area contributed by atoms with E-state index in [1.165, 1.54) is 0 Å². The number of ketones is 1. The lowest BCUT2D eigenvalue weighted by Gasteiger charge is -2.33. The van der Waals surface area contributed by atoms with Crippen molar-refractivity contribution >= 4 is 5.78 Å². The van der Waals surface area contributed by atoms with Crippen molar-refractivity contribution in [3.63, 3.8) is 0 Å². The Balaban J connectivity index is 2.39. The zero-order valence-corrected chi connectivity index (χ0v) is 9.60. The van der Waals surface area contributed by atoms with Gasteiger partial charge in [-0.05, 0) is 31.1 Å². The molecule has 0 heterocycles. The third kappa shape index (κ3) is 3.79. The monoisotopic (exact) mass is 198 g/mol. The highest BCUT2D eigenvalue weighted by molar-refractivity contribution is 5.79. The fourth-order valence-electron chi connectivity index (χ4n) is 1.85. The molecule has 0 spiro atoms. The summed E-state index contributed by atoms with van der Waals surface area (Å²) in [5.74, 6) is 0.311. The number of carbonyl (C=O) groups is 1. The number of Topliss-reactive ketones (excluding diaryl/α,β-unsaturated/α-hetero) is 1. The van der Waals surface area contributed by atoms with Gasteiger partial charge in [0.1, 0.15) is 5.78 Å². The van der Waals surface area contributed by atoms with Crippen LogP contribution in [0, 0.1) is 5.41 Å². The Kier molecular flexibility index (Phi) is 3.36. The summed E-state index contributed by atoms with van der Waals surface area (Å²) in [6.07, 6.45) is 4.34. The minimum absolute atomic E-state index is 0.275. The summed E-state index contributed by atoms with van der Waals surface area (Å²) in [5, 5.41) is 10.2. The first-order valence-electron chi connectivity index (χ1n) is 5.55. The molecule has 0 aromatic rings. The summed E-state index contributed by atoms with van der Waals surface area (Å²) < 4.78 is 0. The van der Waals surface area contributed by atoms with Crippen LogP contribution in [-0.4, -0.2) is 16.5 Å². The number of hydrogen-bond acceptors (Lipinski definition) is 2. The summed E-state index contributed by atoms with van der Waals surface area (Å²) >= 11 is 0. The fraction of sp³-hybridized carbons (Fsp3) is 0.917. The molecule has 0 atom stereocenters. The van der Waals surface area contributed by atoms with E-state index in [1.54, 1.807) is 0 Å². The minimum atomic E-state index is -0.554. The Morgan fingerprint density at radius 1 is 1.29 bits per heavy atom. The Hall–Kier alpha value is -0.370. The molecular weight excluding hydrogens is 176 g/mol. The van der Waals surface area contributed by atoms with Gasteiger partial charge in [0.05, 0.1) is 5.60 Å². The molecule has 2 nitrogen and oxygen atoms in total.